The van der Waals surface area contributed by atoms with Gasteiger partial charge in [0.25, 0.3) is 0 Å². The summed E-state index contributed by atoms with van der Waals surface area (Å²) >= 11 is 0. The third-order valence-electron chi connectivity index (χ3n) is 11.0. The van der Waals surface area contributed by atoms with Crippen molar-refractivity contribution < 1.29 is 0 Å². The van der Waals surface area contributed by atoms with Crippen LogP contribution in [0.1, 0.15) is 0 Å². The predicted molar refractivity (Wildman–Crippen MR) is 217 cm³/mol. The van der Waals surface area contributed by atoms with E-state index in [0.29, 0.717) is 5.95 Å². The fourth-order valence-corrected chi connectivity index (χ4v) is 8.81. The predicted octanol–water partition coefficient (Wildman–Crippen LogP) is 12.4. The average Bonchev–Trinajstić information content (AvgIpc) is 3.85. The van der Waals surface area contributed by atoms with Gasteiger partial charge >= 0.3 is 0 Å². The van der Waals surface area contributed by atoms with Gasteiger partial charge in [-0.3, -0.25) is 4.57 Å². The number of hydrogen-bond donors (Lipinski definition) is 0. The van der Waals surface area contributed by atoms with Crippen molar-refractivity contribution in [2.45, 2.75) is 0 Å². The van der Waals surface area contributed by atoms with E-state index in [4.69, 9.17) is 9.97 Å². The quantitative estimate of drug-likeness (QED) is 0.189. The molecule has 4 aromatic heterocycles. The maximum atomic E-state index is 5.45. The number of rotatable bonds is 3. The zero-order chi connectivity index (χ0) is 33.9. The monoisotopic (exact) mass is 660 g/mol. The van der Waals surface area contributed by atoms with E-state index in [-0.39, 0.29) is 0 Å². The molecule has 0 saturated carbocycles. The van der Waals surface area contributed by atoms with E-state index in [1.54, 1.807) is 0 Å². The molecule has 0 atom stereocenters. The van der Waals surface area contributed by atoms with Crippen molar-refractivity contribution in [2.75, 3.05) is 0 Å². The molecule has 0 bridgehead atoms. The Morgan fingerprint density at radius 1 is 0.365 bits per heavy atom. The third kappa shape index (κ3) is 3.65. The highest BCUT2D eigenvalue weighted by Gasteiger charge is 2.26. The lowest BCUT2D eigenvalue weighted by Gasteiger charge is -2.12. The van der Waals surface area contributed by atoms with Crippen LogP contribution in [-0.4, -0.2) is 18.9 Å². The Labute approximate surface area is 297 Å². The highest BCUT2D eigenvalue weighted by atomic mass is 15.2. The number of nitrogens with zero attached hydrogens (tertiary/aromatic N) is 4. The van der Waals surface area contributed by atoms with Gasteiger partial charge in [-0.05, 0) is 40.8 Å². The molecule has 12 rings (SSSR count). The van der Waals surface area contributed by atoms with Crippen molar-refractivity contribution in [2.24, 2.45) is 0 Å². The van der Waals surface area contributed by atoms with Gasteiger partial charge in [0.15, 0.2) is 0 Å². The Balaban J connectivity index is 1.22. The molecule has 0 aliphatic rings. The summed E-state index contributed by atoms with van der Waals surface area (Å²) in [6, 6.07) is 60.9. The van der Waals surface area contributed by atoms with E-state index in [0.717, 1.165) is 33.2 Å². The summed E-state index contributed by atoms with van der Waals surface area (Å²) in [6.07, 6.45) is 0. The molecular formula is C48H28N4. The summed E-state index contributed by atoms with van der Waals surface area (Å²) in [7, 11) is 0. The molecule has 0 radical (unpaired) electrons. The molecule has 4 nitrogen and oxygen atoms in total. The molecule has 0 aliphatic heterocycles. The van der Waals surface area contributed by atoms with E-state index in [1.807, 2.05) is 0 Å². The van der Waals surface area contributed by atoms with E-state index in [1.165, 1.54) is 70.8 Å². The molecule has 52 heavy (non-hydrogen) atoms. The highest BCUT2D eigenvalue weighted by molar-refractivity contribution is 6.37. The largest absolute Gasteiger partial charge is 0.307 e. The summed E-state index contributed by atoms with van der Waals surface area (Å²) in [6.45, 7) is 0. The van der Waals surface area contributed by atoms with Crippen LogP contribution in [0.2, 0.25) is 0 Å². The number of fused-ring (bicyclic) bond motifs is 13. The van der Waals surface area contributed by atoms with Crippen molar-refractivity contribution in [3.05, 3.63) is 170 Å². The maximum Gasteiger partial charge on any atom is 0.235 e. The van der Waals surface area contributed by atoms with E-state index < -0.39 is 0 Å². The van der Waals surface area contributed by atoms with Crippen molar-refractivity contribution in [1.29, 1.82) is 0 Å². The third-order valence-corrected chi connectivity index (χ3v) is 11.0. The zero-order valence-corrected chi connectivity index (χ0v) is 28.0. The molecule has 0 fully saturated rings. The van der Waals surface area contributed by atoms with Crippen LogP contribution < -0.4 is 0 Å². The van der Waals surface area contributed by atoms with Crippen LogP contribution in [0.25, 0.3) is 110 Å². The number of benzene rings is 8. The van der Waals surface area contributed by atoms with Gasteiger partial charge in [0, 0.05) is 48.7 Å². The van der Waals surface area contributed by atoms with Crippen LogP contribution in [0.4, 0.5) is 0 Å². The highest BCUT2D eigenvalue weighted by Crippen LogP contribution is 2.48. The van der Waals surface area contributed by atoms with Crippen molar-refractivity contribution in [1.82, 2.24) is 18.9 Å². The average molecular weight is 661 g/mol. The molecule has 0 unspecified atom stereocenters. The Bertz CT molecular complexity index is 3390. The molecular weight excluding hydrogens is 633 g/mol. The van der Waals surface area contributed by atoms with E-state index in [9.17, 15) is 0 Å². The first kappa shape index (κ1) is 27.7. The number of para-hydroxylation sites is 3. The summed E-state index contributed by atoms with van der Waals surface area (Å²) in [4.78, 5) is 10.7. The van der Waals surface area contributed by atoms with E-state index in [2.05, 4.69) is 179 Å². The lowest BCUT2D eigenvalue weighted by Crippen LogP contribution is -2.03. The van der Waals surface area contributed by atoms with Gasteiger partial charge in [0.1, 0.15) is 0 Å². The summed E-state index contributed by atoms with van der Waals surface area (Å²) in [5.41, 5.74) is 11.2. The molecule has 0 saturated heterocycles. The fourth-order valence-electron chi connectivity index (χ4n) is 8.81. The summed E-state index contributed by atoms with van der Waals surface area (Å²) < 4.78 is 4.80. The Hall–Kier alpha value is -7.04. The molecule has 12 aromatic rings. The lowest BCUT2D eigenvalue weighted by atomic mass is 10.00. The molecule has 8 aromatic carbocycles. The standard InChI is InChI=1S/C48H28N4/c1-2-12-29(13-3-1)30-22-24-32(25-23-30)45-35-17-6-9-19-39(35)49-48(50-45)51-41-21-11-8-18-36(41)43-42(51)28-38-34-16-7-10-20-40(34)52-46-33-15-5-4-14-31(33)26-27-37(46)44(43)47(38)52/h1-28H. The first-order chi connectivity index (χ1) is 25.8. The van der Waals surface area contributed by atoms with E-state index >= 15 is 0 Å². The first-order valence-corrected chi connectivity index (χ1v) is 17.8. The molecule has 4 heterocycles. The summed E-state index contributed by atoms with van der Waals surface area (Å²) in [5.74, 6) is 0.666. The van der Waals surface area contributed by atoms with Crippen LogP contribution in [-0.2, 0) is 0 Å². The van der Waals surface area contributed by atoms with Crippen LogP contribution >= 0.6 is 0 Å². The molecule has 0 aliphatic carbocycles. The van der Waals surface area contributed by atoms with Crippen LogP contribution in [0, 0.1) is 0 Å². The van der Waals surface area contributed by atoms with Crippen LogP contribution in [0.15, 0.2) is 170 Å². The Morgan fingerprint density at radius 2 is 1.02 bits per heavy atom. The minimum Gasteiger partial charge on any atom is -0.307 e. The van der Waals surface area contributed by atoms with Crippen LogP contribution in [0.5, 0.6) is 0 Å². The number of aromatic nitrogens is 4. The molecule has 0 spiro atoms. The topological polar surface area (TPSA) is 35.1 Å². The van der Waals surface area contributed by atoms with Gasteiger partial charge in [-0.2, -0.15) is 0 Å². The lowest BCUT2D eigenvalue weighted by molar-refractivity contribution is 1.01. The second kappa shape index (κ2) is 10.3. The molecule has 0 amide bonds. The summed E-state index contributed by atoms with van der Waals surface area (Å²) in [5, 5.41) is 11.0. The second-order valence-corrected chi connectivity index (χ2v) is 13.8. The van der Waals surface area contributed by atoms with Crippen molar-refractivity contribution >= 4 is 81.6 Å². The fraction of sp³-hybridized carbons (Fsp3) is 0. The molecule has 240 valence electrons. The minimum absolute atomic E-state index is 0.666. The Kier molecular flexibility index (Phi) is 5.47. The van der Waals surface area contributed by atoms with Gasteiger partial charge in [0.2, 0.25) is 5.95 Å². The number of hydrogen-bond acceptors (Lipinski definition) is 2. The Morgan fingerprint density at radius 3 is 1.87 bits per heavy atom. The second-order valence-electron chi connectivity index (χ2n) is 13.8. The van der Waals surface area contributed by atoms with Gasteiger partial charge in [-0.1, -0.05) is 146 Å². The first-order valence-electron chi connectivity index (χ1n) is 17.8. The SMILES string of the molecule is c1ccc(-c2ccc(-c3nc(-n4c5ccccc5c5c6c7ccc8ccccc8c7n7c8ccccc8c(cc54)c67)nc4ccccc34)cc2)cc1. The molecule has 4 heteroatoms. The van der Waals surface area contributed by atoms with Gasteiger partial charge in [-0.25, -0.2) is 9.97 Å². The van der Waals surface area contributed by atoms with Gasteiger partial charge < -0.3 is 4.40 Å². The van der Waals surface area contributed by atoms with Gasteiger partial charge in [0.05, 0.1) is 38.8 Å². The maximum absolute atomic E-state index is 5.45. The smallest absolute Gasteiger partial charge is 0.235 e. The minimum atomic E-state index is 0.666. The van der Waals surface area contributed by atoms with Gasteiger partial charge in [-0.15, -0.1) is 0 Å². The van der Waals surface area contributed by atoms with Crippen LogP contribution in [0.3, 0.4) is 0 Å². The molecule has 0 N–H and O–H groups in total. The normalized spacial score (nSPS) is 12.2. The van der Waals surface area contributed by atoms with Crippen molar-refractivity contribution in [3.8, 4) is 28.3 Å². The van der Waals surface area contributed by atoms with Crippen molar-refractivity contribution in [3.63, 3.8) is 0 Å². The zero-order valence-electron chi connectivity index (χ0n) is 28.0.